The van der Waals surface area contributed by atoms with Crippen LogP contribution < -0.4 is 15.4 Å². The highest BCUT2D eigenvalue weighted by Crippen LogP contribution is 2.11. The summed E-state index contributed by atoms with van der Waals surface area (Å²) in [6.07, 6.45) is 1.62. The zero-order chi connectivity index (χ0) is 19.0. The number of furan rings is 1. The van der Waals surface area contributed by atoms with Crippen molar-refractivity contribution < 1.29 is 12.8 Å². The van der Waals surface area contributed by atoms with Crippen LogP contribution in [0.5, 0.6) is 0 Å². The molecule has 150 valence electrons. The zero-order valence-electron chi connectivity index (χ0n) is 15.7. The third kappa shape index (κ3) is 7.89. The van der Waals surface area contributed by atoms with E-state index in [1.165, 1.54) is 0 Å². The van der Waals surface area contributed by atoms with Gasteiger partial charge >= 0.3 is 0 Å². The molecule has 0 spiro atoms. The number of nitrogens with zero attached hydrogens (tertiary/aromatic N) is 1. The molecule has 1 heterocycles. The minimum Gasteiger partial charge on any atom is -0.467 e. The van der Waals surface area contributed by atoms with Crippen LogP contribution in [0.25, 0.3) is 0 Å². The summed E-state index contributed by atoms with van der Waals surface area (Å²) in [6, 6.07) is 10.5. The molecule has 9 heteroatoms. The summed E-state index contributed by atoms with van der Waals surface area (Å²) < 4.78 is 32.3. The van der Waals surface area contributed by atoms with Gasteiger partial charge in [-0.25, -0.2) is 13.1 Å². The molecule has 2 rings (SSSR count). The number of aliphatic imine (C=N–C) groups is 1. The molecule has 1 aromatic heterocycles. The Bertz CT molecular complexity index is 804. The number of benzene rings is 1. The molecule has 7 nitrogen and oxygen atoms in total. The van der Waals surface area contributed by atoms with Crippen LogP contribution in [0.3, 0.4) is 0 Å². The molecule has 2 aromatic rings. The molecule has 0 unspecified atom stereocenters. The van der Waals surface area contributed by atoms with E-state index in [9.17, 15) is 8.42 Å². The second kappa shape index (κ2) is 11.3. The van der Waals surface area contributed by atoms with Gasteiger partial charge in [-0.15, -0.1) is 24.0 Å². The zero-order valence-corrected chi connectivity index (χ0v) is 18.9. The highest BCUT2D eigenvalue weighted by Gasteiger charge is 2.13. The number of hydrogen-bond donors (Lipinski definition) is 3. The van der Waals surface area contributed by atoms with Crippen molar-refractivity contribution in [3.8, 4) is 0 Å². The Morgan fingerprint density at radius 2 is 1.78 bits per heavy atom. The maximum Gasteiger partial charge on any atom is 0.240 e. The summed E-state index contributed by atoms with van der Waals surface area (Å²) in [5.41, 5.74) is 0.953. The van der Waals surface area contributed by atoms with Crippen molar-refractivity contribution in [1.29, 1.82) is 0 Å². The van der Waals surface area contributed by atoms with Crippen molar-refractivity contribution in [2.75, 3.05) is 13.6 Å². The number of rotatable bonds is 8. The fourth-order valence-electron chi connectivity index (χ4n) is 2.14. The lowest BCUT2D eigenvalue weighted by Crippen LogP contribution is -2.36. The first-order valence-corrected chi connectivity index (χ1v) is 9.94. The number of nitrogens with one attached hydrogen (secondary N) is 3. The molecule has 0 radical (unpaired) electrons. The fraction of sp³-hybridized carbons (Fsp3) is 0.389. The molecule has 0 aliphatic carbocycles. The Labute approximate surface area is 178 Å². The quantitative estimate of drug-likeness (QED) is 0.291. The molecule has 0 amide bonds. The normalized spacial score (nSPS) is 11.9. The number of guanidine groups is 1. The van der Waals surface area contributed by atoms with Crippen LogP contribution in [0.4, 0.5) is 0 Å². The van der Waals surface area contributed by atoms with Gasteiger partial charge in [-0.2, -0.15) is 0 Å². The van der Waals surface area contributed by atoms with Crippen LogP contribution in [0, 0.1) is 5.92 Å². The minimum atomic E-state index is -3.46. The van der Waals surface area contributed by atoms with Crippen molar-refractivity contribution in [2.24, 2.45) is 10.9 Å². The third-order valence-corrected chi connectivity index (χ3v) is 5.05. The first kappa shape index (κ1) is 23.4. The second-order valence-electron chi connectivity index (χ2n) is 6.25. The van der Waals surface area contributed by atoms with Crippen molar-refractivity contribution in [3.05, 3.63) is 54.0 Å². The Hall–Kier alpha value is -1.59. The molecule has 0 atom stereocenters. The van der Waals surface area contributed by atoms with E-state index in [4.69, 9.17) is 4.42 Å². The van der Waals surface area contributed by atoms with Gasteiger partial charge in [-0.3, -0.25) is 4.99 Å². The first-order chi connectivity index (χ1) is 12.4. The molecule has 0 bridgehead atoms. The molecule has 27 heavy (non-hydrogen) atoms. The molecule has 0 aliphatic heterocycles. The van der Waals surface area contributed by atoms with Gasteiger partial charge in [0.2, 0.25) is 10.0 Å². The van der Waals surface area contributed by atoms with Crippen molar-refractivity contribution in [2.45, 2.75) is 31.8 Å². The summed E-state index contributed by atoms with van der Waals surface area (Å²) in [6.45, 7) is 5.40. The summed E-state index contributed by atoms with van der Waals surface area (Å²) >= 11 is 0. The highest BCUT2D eigenvalue weighted by molar-refractivity contribution is 14.0. The standard InChI is InChI=1S/C18H26N4O3S.HI/c1-14(2)11-22-26(23,24)17-8-6-15(7-9-17)12-20-18(19-3)21-13-16-5-4-10-25-16;/h4-10,14,22H,11-13H2,1-3H3,(H2,19,20,21);1H. The molecule has 0 saturated heterocycles. The van der Waals surface area contributed by atoms with Crippen LogP contribution in [-0.4, -0.2) is 28.0 Å². The number of sulfonamides is 1. The van der Waals surface area contributed by atoms with Crippen LogP contribution in [0.15, 0.2) is 57.0 Å². The number of halogens is 1. The monoisotopic (exact) mass is 506 g/mol. The van der Waals surface area contributed by atoms with Crippen LogP contribution >= 0.6 is 24.0 Å². The van der Waals surface area contributed by atoms with E-state index in [1.807, 2.05) is 26.0 Å². The largest absolute Gasteiger partial charge is 0.467 e. The van der Waals surface area contributed by atoms with Crippen molar-refractivity contribution >= 4 is 40.0 Å². The van der Waals surface area contributed by atoms with E-state index in [0.29, 0.717) is 25.6 Å². The molecule has 3 N–H and O–H groups in total. The number of hydrogen-bond acceptors (Lipinski definition) is 4. The predicted octanol–water partition coefficient (Wildman–Crippen LogP) is 2.70. The molecular weight excluding hydrogens is 479 g/mol. The van der Waals surface area contributed by atoms with E-state index in [0.717, 1.165) is 11.3 Å². The van der Waals surface area contributed by atoms with Gasteiger partial charge in [0.15, 0.2) is 5.96 Å². The smallest absolute Gasteiger partial charge is 0.240 e. The molecular formula is C18H27IN4O3S. The van der Waals surface area contributed by atoms with Gasteiger partial charge in [0.25, 0.3) is 0 Å². The van der Waals surface area contributed by atoms with Crippen molar-refractivity contribution in [1.82, 2.24) is 15.4 Å². The predicted molar refractivity (Wildman–Crippen MR) is 118 cm³/mol. The highest BCUT2D eigenvalue weighted by atomic mass is 127. The lowest BCUT2D eigenvalue weighted by Gasteiger charge is -2.12. The fourth-order valence-corrected chi connectivity index (χ4v) is 3.35. The van der Waals surface area contributed by atoms with Gasteiger partial charge in [0, 0.05) is 20.1 Å². The van der Waals surface area contributed by atoms with Gasteiger partial charge < -0.3 is 15.1 Å². The van der Waals surface area contributed by atoms with E-state index in [-0.39, 0.29) is 34.8 Å². The van der Waals surface area contributed by atoms with Gasteiger partial charge in [-0.1, -0.05) is 26.0 Å². The molecule has 0 fully saturated rings. The maximum absolute atomic E-state index is 12.2. The summed E-state index contributed by atoms with van der Waals surface area (Å²) in [4.78, 5) is 4.41. The average Bonchev–Trinajstić information content (AvgIpc) is 3.14. The summed E-state index contributed by atoms with van der Waals surface area (Å²) in [7, 11) is -1.77. The lowest BCUT2D eigenvalue weighted by atomic mass is 10.2. The molecule has 1 aromatic carbocycles. The van der Waals surface area contributed by atoms with E-state index < -0.39 is 10.0 Å². The van der Waals surface area contributed by atoms with Gasteiger partial charge in [0.05, 0.1) is 17.7 Å². The Morgan fingerprint density at radius 3 is 2.33 bits per heavy atom. The maximum atomic E-state index is 12.2. The second-order valence-corrected chi connectivity index (χ2v) is 8.02. The average molecular weight is 506 g/mol. The first-order valence-electron chi connectivity index (χ1n) is 8.46. The Morgan fingerprint density at radius 1 is 1.11 bits per heavy atom. The van der Waals surface area contributed by atoms with E-state index >= 15 is 0 Å². The summed E-state index contributed by atoms with van der Waals surface area (Å²) in [5, 5.41) is 6.32. The topological polar surface area (TPSA) is 95.7 Å². The third-order valence-electron chi connectivity index (χ3n) is 3.61. The van der Waals surface area contributed by atoms with Crippen molar-refractivity contribution in [3.63, 3.8) is 0 Å². The van der Waals surface area contributed by atoms with Gasteiger partial charge in [0.1, 0.15) is 5.76 Å². The van der Waals surface area contributed by atoms with E-state index in [2.05, 4.69) is 20.3 Å². The van der Waals surface area contributed by atoms with Crippen LogP contribution in [0.2, 0.25) is 0 Å². The van der Waals surface area contributed by atoms with E-state index in [1.54, 1.807) is 37.6 Å². The Balaban J connectivity index is 0.00000364. The minimum absolute atomic E-state index is 0. The Kier molecular flexibility index (Phi) is 9.81. The van der Waals surface area contributed by atoms with Crippen LogP contribution in [0.1, 0.15) is 25.2 Å². The summed E-state index contributed by atoms with van der Waals surface area (Å²) in [5.74, 6) is 1.71. The SMILES string of the molecule is CN=C(NCc1ccc(S(=O)(=O)NCC(C)C)cc1)NCc1ccco1.I. The van der Waals surface area contributed by atoms with Crippen LogP contribution in [-0.2, 0) is 23.1 Å². The molecule has 0 saturated carbocycles. The molecule has 0 aliphatic rings. The lowest BCUT2D eigenvalue weighted by molar-refractivity contribution is 0.501. The van der Waals surface area contributed by atoms with Gasteiger partial charge in [-0.05, 0) is 35.7 Å².